The highest BCUT2D eigenvalue weighted by Crippen LogP contribution is 2.29. The summed E-state index contributed by atoms with van der Waals surface area (Å²) in [6.07, 6.45) is 5.69. The first-order valence-electron chi connectivity index (χ1n) is 4.61. The lowest BCUT2D eigenvalue weighted by Gasteiger charge is -1.93. The highest BCUT2D eigenvalue weighted by atomic mass is 32.2. The molecule has 0 amide bonds. The van der Waals surface area contributed by atoms with Crippen molar-refractivity contribution >= 4 is 54.7 Å². The zero-order chi connectivity index (χ0) is 12.3. The first-order valence-corrected chi connectivity index (χ1v) is 7.87. The van der Waals surface area contributed by atoms with E-state index in [9.17, 15) is 0 Å². The van der Waals surface area contributed by atoms with E-state index in [1.54, 1.807) is 29.7 Å². The molecule has 2 aromatic heterocycles. The smallest absolute Gasteiger partial charge is 0.318 e. The molecule has 0 bridgehead atoms. The van der Waals surface area contributed by atoms with E-state index >= 15 is 0 Å². The molecule has 0 unspecified atom stereocenters. The van der Waals surface area contributed by atoms with Gasteiger partial charge in [0.15, 0.2) is 5.65 Å². The van der Waals surface area contributed by atoms with Gasteiger partial charge in [0.1, 0.15) is 4.38 Å². The number of aliphatic imine (C=N–C) groups is 1. The zero-order valence-corrected chi connectivity index (χ0v) is 11.9. The summed E-state index contributed by atoms with van der Waals surface area (Å²) in [5, 5.41) is 0.696. The van der Waals surface area contributed by atoms with Gasteiger partial charge in [-0.2, -0.15) is 9.97 Å². The Hall–Kier alpha value is -0.860. The lowest BCUT2D eigenvalue weighted by atomic mass is 10.6. The Morgan fingerprint density at radius 2 is 2.12 bits per heavy atom. The van der Waals surface area contributed by atoms with Crippen LogP contribution in [0.15, 0.2) is 11.2 Å². The molecule has 90 valence electrons. The molecule has 2 rings (SSSR count). The minimum absolute atomic E-state index is 0.327. The van der Waals surface area contributed by atoms with E-state index in [1.165, 1.54) is 18.4 Å². The number of thiazole rings is 1. The zero-order valence-electron chi connectivity index (χ0n) is 9.50. The summed E-state index contributed by atoms with van der Waals surface area (Å²) in [4.78, 5) is 17.0. The third-order valence-corrected chi connectivity index (χ3v) is 4.59. The van der Waals surface area contributed by atoms with Crippen LogP contribution in [0.25, 0.3) is 10.3 Å². The quantitative estimate of drug-likeness (QED) is 0.625. The van der Waals surface area contributed by atoms with Gasteiger partial charge in [-0.25, -0.2) is 9.98 Å². The first-order chi connectivity index (χ1) is 8.26. The molecule has 8 heteroatoms. The van der Waals surface area contributed by atoms with Crippen LogP contribution in [0.1, 0.15) is 0 Å². The fourth-order valence-corrected chi connectivity index (χ4v) is 3.00. The monoisotopic (exact) mass is 286 g/mol. The van der Waals surface area contributed by atoms with Gasteiger partial charge in [0, 0.05) is 0 Å². The van der Waals surface area contributed by atoms with E-state index in [0.717, 1.165) is 9.08 Å². The molecular formula is C9H10N4OS3. The predicted octanol–water partition coefficient (Wildman–Crippen LogP) is 2.81. The van der Waals surface area contributed by atoms with E-state index in [4.69, 9.17) is 4.74 Å². The van der Waals surface area contributed by atoms with Crippen LogP contribution in [0.3, 0.4) is 0 Å². The van der Waals surface area contributed by atoms with Gasteiger partial charge in [0.05, 0.1) is 18.0 Å². The second-order valence-corrected chi connectivity index (χ2v) is 5.68. The lowest BCUT2D eigenvalue weighted by molar-refractivity contribution is 0.381. The maximum atomic E-state index is 4.95. The van der Waals surface area contributed by atoms with Gasteiger partial charge in [-0.15, -0.1) is 23.5 Å². The second-order valence-electron chi connectivity index (χ2n) is 2.83. The average Bonchev–Trinajstić information content (AvgIpc) is 2.76. The predicted molar refractivity (Wildman–Crippen MR) is 75.9 cm³/mol. The molecule has 2 aromatic rings. The number of aromatic nitrogens is 3. The van der Waals surface area contributed by atoms with E-state index in [2.05, 4.69) is 19.9 Å². The van der Waals surface area contributed by atoms with Crippen molar-refractivity contribution in [2.75, 3.05) is 19.6 Å². The SMILES string of the molecule is COc1ncc2sc(N=C(SC)SC)nc2n1. The standard InChI is InChI=1S/C9H10N4OS3/c1-14-7-10-4-5-6(11-7)12-8(17-5)13-9(15-2)16-3/h4H,1-3H3. The fraction of sp³-hybridized carbons (Fsp3) is 0.333. The first kappa shape index (κ1) is 12.6. The van der Waals surface area contributed by atoms with Crippen LogP contribution in [-0.4, -0.2) is 38.9 Å². The molecule has 17 heavy (non-hydrogen) atoms. The summed E-state index contributed by atoms with van der Waals surface area (Å²) in [6, 6.07) is 0.327. The van der Waals surface area contributed by atoms with Gasteiger partial charge >= 0.3 is 6.01 Å². The molecule has 2 heterocycles. The second kappa shape index (κ2) is 5.65. The maximum absolute atomic E-state index is 4.95. The Labute approximate surface area is 111 Å². The Kier molecular flexibility index (Phi) is 4.19. The van der Waals surface area contributed by atoms with Crippen molar-refractivity contribution in [2.45, 2.75) is 0 Å². The molecule has 0 fully saturated rings. The van der Waals surface area contributed by atoms with Crippen LogP contribution in [0.4, 0.5) is 5.13 Å². The molecule has 0 aliphatic rings. The molecule has 0 radical (unpaired) electrons. The fourth-order valence-electron chi connectivity index (χ4n) is 1.11. The molecule has 0 aliphatic carbocycles. The minimum atomic E-state index is 0.327. The van der Waals surface area contributed by atoms with Crippen LogP contribution in [0.2, 0.25) is 0 Å². The molecule has 0 saturated heterocycles. The molecule has 0 atom stereocenters. The molecule has 0 N–H and O–H groups in total. The summed E-state index contributed by atoms with van der Waals surface area (Å²) in [7, 11) is 1.53. The number of ether oxygens (including phenoxy) is 1. The lowest BCUT2D eigenvalue weighted by Crippen LogP contribution is -1.90. The van der Waals surface area contributed by atoms with Crippen molar-refractivity contribution in [3.05, 3.63) is 6.20 Å². The summed E-state index contributed by atoms with van der Waals surface area (Å²) < 4.78 is 6.84. The third-order valence-electron chi connectivity index (χ3n) is 1.84. The number of thioether (sulfide) groups is 2. The molecule has 0 aromatic carbocycles. The van der Waals surface area contributed by atoms with Gasteiger partial charge in [0.25, 0.3) is 0 Å². The Bertz CT molecular complexity index is 548. The van der Waals surface area contributed by atoms with Crippen molar-refractivity contribution < 1.29 is 4.74 Å². The Morgan fingerprint density at radius 1 is 1.35 bits per heavy atom. The molecule has 0 aliphatic heterocycles. The van der Waals surface area contributed by atoms with Crippen molar-refractivity contribution in [3.63, 3.8) is 0 Å². The van der Waals surface area contributed by atoms with Crippen LogP contribution < -0.4 is 4.74 Å². The minimum Gasteiger partial charge on any atom is -0.467 e. The highest BCUT2D eigenvalue weighted by Gasteiger charge is 2.07. The topological polar surface area (TPSA) is 60.3 Å². The summed E-state index contributed by atoms with van der Waals surface area (Å²) in [5.74, 6) is 0. The van der Waals surface area contributed by atoms with Gasteiger partial charge in [0.2, 0.25) is 5.13 Å². The van der Waals surface area contributed by atoms with Gasteiger partial charge in [-0.05, 0) is 12.5 Å². The summed E-state index contributed by atoms with van der Waals surface area (Å²) in [6.45, 7) is 0. The van der Waals surface area contributed by atoms with E-state index in [-0.39, 0.29) is 0 Å². The summed E-state index contributed by atoms with van der Waals surface area (Å²) in [5.41, 5.74) is 0.627. The molecule has 0 spiro atoms. The third kappa shape index (κ3) is 2.88. The Balaban J connectivity index is 2.40. The normalized spacial score (nSPS) is 10.5. The van der Waals surface area contributed by atoms with Crippen molar-refractivity contribution in [1.29, 1.82) is 0 Å². The summed E-state index contributed by atoms with van der Waals surface area (Å²) >= 11 is 4.67. The van der Waals surface area contributed by atoms with Crippen LogP contribution in [0.5, 0.6) is 6.01 Å². The van der Waals surface area contributed by atoms with Crippen LogP contribution >= 0.6 is 34.9 Å². The highest BCUT2D eigenvalue weighted by molar-refractivity contribution is 8.38. The molecular weight excluding hydrogens is 276 g/mol. The number of methoxy groups -OCH3 is 1. The molecule has 5 nitrogen and oxygen atoms in total. The van der Waals surface area contributed by atoms with E-state index < -0.39 is 0 Å². The van der Waals surface area contributed by atoms with Crippen molar-refractivity contribution in [3.8, 4) is 6.01 Å². The van der Waals surface area contributed by atoms with Crippen LogP contribution in [-0.2, 0) is 0 Å². The number of hydrogen-bond donors (Lipinski definition) is 0. The Morgan fingerprint density at radius 3 is 2.76 bits per heavy atom. The average molecular weight is 286 g/mol. The van der Waals surface area contributed by atoms with E-state index in [1.807, 2.05) is 12.5 Å². The van der Waals surface area contributed by atoms with Crippen molar-refractivity contribution in [1.82, 2.24) is 15.0 Å². The largest absolute Gasteiger partial charge is 0.467 e. The maximum Gasteiger partial charge on any atom is 0.318 e. The number of nitrogens with zero attached hydrogens (tertiary/aromatic N) is 4. The number of hydrogen-bond acceptors (Lipinski definition) is 8. The van der Waals surface area contributed by atoms with Gasteiger partial charge in [-0.1, -0.05) is 11.3 Å². The van der Waals surface area contributed by atoms with Gasteiger partial charge in [-0.3, -0.25) is 0 Å². The number of fused-ring (bicyclic) bond motifs is 1. The molecule has 0 saturated carbocycles. The van der Waals surface area contributed by atoms with Gasteiger partial charge < -0.3 is 4.74 Å². The van der Waals surface area contributed by atoms with Crippen molar-refractivity contribution in [2.24, 2.45) is 4.99 Å². The van der Waals surface area contributed by atoms with Crippen LogP contribution in [0, 0.1) is 0 Å². The number of rotatable bonds is 2. The van der Waals surface area contributed by atoms with E-state index in [0.29, 0.717) is 16.8 Å².